The molecule has 0 saturated carbocycles. The number of hydrogen-bond acceptors (Lipinski definition) is 1. The molecule has 2 rings (SSSR count). The van der Waals surface area contributed by atoms with E-state index in [1.54, 1.807) is 0 Å². The molecule has 15 heavy (non-hydrogen) atoms. The van der Waals surface area contributed by atoms with Crippen molar-refractivity contribution in [3.05, 3.63) is 40.6 Å². The molecule has 0 atom stereocenters. The molecule has 0 amide bonds. The van der Waals surface area contributed by atoms with Crippen molar-refractivity contribution < 1.29 is 0 Å². The number of hydrogen-bond donors (Lipinski definition) is 1. The molecule has 2 heteroatoms. The first kappa shape index (κ1) is 9.97. The van der Waals surface area contributed by atoms with Crippen LogP contribution in [0.25, 0.3) is 11.3 Å². The summed E-state index contributed by atoms with van der Waals surface area (Å²) in [5.74, 6) is 0. The average molecular weight is 200 g/mol. The third-order valence-electron chi connectivity index (χ3n) is 2.64. The SMILES string of the molecule is Cc1cc(C)c(-c2cc(C)[nH]n2)c(C)c1. The van der Waals surface area contributed by atoms with Gasteiger partial charge in [-0.2, -0.15) is 5.10 Å². The molecule has 0 bridgehead atoms. The summed E-state index contributed by atoms with van der Waals surface area (Å²) in [7, 11) is 0. The van der Waals surface area contributed by atoms with Gasteiger partial charge in [-0.1, -0.05) is 17.7 Å². The van der Waals surface area contributed by atoms with Crippen LogP contribution >= 0.6 is 0 Å². The highest BCUT2D eigenvalue weighted by Crippen LogP contribution is 2.26. The van der Waals surface area contributed by atoms with E-state index in [1.807, 2.05) is 6.92 Å². The van der Waals surface area contributed by atoms with Gasteiger partial charge in [0.1, 0.15) is 0 Å². The van der Waals surface area contributed by atoms with Crippen LogP contribution in [-0.4, -0.2) is 10.2 Å². The number of aromatic amines is 1. The zero-order valence-electron chi connectivity index (χ0n) is 9.68. The summed E-state index contributed by atoms with van der Waals surface area (Å²) in [5, 5.41) is 7.30. The van der Waals surface area contributed by atoms with Crippen molar-refractivity contribution in [3.63, 3.8) is 0 Å². The maximum absolute atomic E-state index is 4.31. The summed E-state index contributed by atoms with van der Waals surface area (Å²) in [6, 6.07) is 6.49. The van der Waals surface area contributed by atoms with Gasteiger partial charge < -0.3 is 0 Å². The molecule has 2 aromatic rings. The average Bonchev–Trinajstić information content (AvgIpc) is 2.49. The van der Waals surface area contributed by atoms with Crippen LogP contribution in [-0.2, 0) is 0 Å². The number of nitrogens with zero attached hydrogens (tertiary/aromatic N) is 1. The highest BCUT2D eigenvalue weighted by atomic mass is 15.1. The molecule has 0 aliphatic rings. The van der Waals surface area contributed by atoms with Crippen LogP contribution in [0.5, 0.6) is 0 Å². The third-order valence-corrected chi connectivity index (χ3v) is 2.64. The first-order valence-corrected chi connectivity index (χ1v) is 5.18. The van der Waals surface area contributed by atoms with Gasteiger partial charge >= 0.3 is 0 Å². The topological polar surface area (TPSA) is 28.7 Å². The fraction of sp³-hybridized carbons (Fsp3) is 0.308. The maximum Gasteiger partial charge on any atom is 0.0928 e. The smallest absolute Gasteiger partial charge is 0.0928 e. The molecule has 1 aromatic carbocycles. The van der Waals surface area contributed by atoms with E-state index in [9.17, 15) is 0 Å². The second kappa shape index (κ2) is 3.54. The van der Waals surface area contributed by atoms with Crippen LogP contribution < -0.4 is 0 Å². The second-order valence-electron chi connectivity index (χ2n) is 4.21. The van der Waals surface area contributed by atoms with Crippen LogP contribution in [0.1, 0.15) is 22.4 Å². The first-order valence-electron chi connectivity index (χ1n) is 5.18. The highest BCUT2D eigenvalue weighted by Gasteiger charge is 2.08. The van der Waals surface area contributed by atoms with Crippen molar-refractivity contribution in [1.29, 1.82) is 0 Å². The van der Waals surface area contributed by atoms with E-state index < -0.39 is 0 Å². The van der Waals surface area contributed by atoms with E-state index in [2.05, 4.69) is 49.2 Å². The predicted octanol–water partition coefficient (Wildman–Crippen LogP) is 3.31. The van der Waals surface area contributed by atoms with Crippen LogP contribution in [0, 0.1) is 27.7 Å². The van der Waals surface area contributed by atoms with Crippen molar-refractivity contribution >= 4 is 0 Å². The molecular formula is C13H16N2. The van der Waals surface area contributed by atoms with Crippen LogP contribution in [0.2, 0.25) is 0 Å². The Morgan fingerprint density at radius 2 is 1.53 bits per heavy atom. The summed E-state index contributed by atoms with van der Waals surface area (Å²) in [6.07, 6.45) is 0. The van der Waals surface area contributed by atoms with Crippen molar-refractivity contribution in [2.24, 2.45) is 0 Å². The van der Waals surface area contributed by atoms with Gasteiger partial charge in [-0.05, 0) is 44.9 Å². The minimum Gasteiger partial charge on any atom is -0.282 e. The first-order chi connectivity index (χ1) is 7.08. The van der Waals surface area contributed by atoms with Gasteiger partial charge in [0, 0.05) is 11.3 Å². The van der Waals surface area contributed by atoms with Gasteiger partial charge in [0.05, 0.1) is 5.69 Å². The number of aryl methyl sites for hydroxylation is 4. The Hall–Kier alpha value is -1.57. The van der Waals surface area contributed by atoms with Gasteiger partial charge in [0.25, 0.3) is 0 Å². The number of rotatable bonds is 1. The lowest BCUT2D eigenvalue weighted by molar-refractivity contribution is 1.05. The minimum atomic E-state index is 1.04. The predicted molar refractivity (Wildman–Crippen MR) is 63.0 cm³/mol. The van der Waals surface area contributed by atoms with E-state index in [0.29, 0.717) is 0 Å². The summed E-state index contributed by atoms with van der Waals surface area (Å²) >= 11 is 0. The monoisotopic (exact) mass is 200 g/mol. The van der Waals surface area contributed by atoms with Crippen LogP contribution in [0.15, 0.2) is 18.2 Å². The lowest BCUT2D eigenvalue weighted by atomic mass is 9.97. The molecule has 0 fully saturated rings. The number of H-pyrrole nitrogens is 1. The Balaban J connectivity index is 2.62. The van der Waals surface area contributed by atoms with Gasteiger partial charge in [-0.3, -0.25) is 5.10 Å². The van der Waals surface area contributed by atoms with E-state index in [0.717, 1.165) is 11.4 Å². The summed E-state index contributed by atoms with van der Waals surface area (Å²) < 4.78 is 0. The molecule has 2 nitrogen and oxygen atoms in total. The Bertz CT molecular complexity index is 472. The fourth-order valence-electron chi connectivity index (χ4n) is 2.13. The molecule has 1 heterocycles. The number of aromatic nitrogens is 2. The van der Waals surface area contributed by atoms with Crippen molar-refractivity contribution in [2.75, 3.05) is 0 Å². The Kier molecular flexibility index (Phi) is 2.35. The Morgan fingerprint density at radius 3 is 2.00 bits per heavy atom. The minimum absolute atomic E-state index is 1.04. The maximum atomic E-state index is 4.31. The largest absolute Gasteiger partial charge is 0.282 e. The molecule has 0 unspecified atom stereocenters. The lowest BCUT2D eigenvalue weighted by Crippen LogP contribution is -1.90. The molecule has 0 radical (unpaired) electrons. The quantitative estimate of drug-likeness (QED) is 0.751. The second-order valence-corrected chi connectivity index (χ2v) is 4.21. The molecule has 1 N–H and O–H groups in total. The highest BCUT2D eigenvalue weighted by molar-refractivity contribution is 5.68. The van der Waals surface area contributed by atoms with Crippen LogP contribution in [0.4, 0.5) is 0 Å². The Morgan fingerprint density at radius 1 is 0.933 bits per heavy atom. The van der Waals surface area contributed by atoms with Gasteiger partial charge in [-0.15, -0.1) is 0 Å². The van der Waals surface area contributed by atoms with Crippen molar-refractivity contribution in [2.45, 2.75) is 27.7 Å². The molecule has 1 aromatic heterocycles. The van der Waals surface area contributed by atoms with Crippen molar-refractivity contribution in [3.8, 4) is 11.3 Å². The van der Waals surface area contributed by atoms with E-state index in [1.165, 1.54) is 22.3 Å². The lowest BCUT2D eigenvalue weighted by Gasteiger charge is -2.08. The molecular weight excluding hydrogens is 184 g/mol. The van der Waals surface area contributed by atoms with Gasteiger partial charge in [0.2, 0.25) is 0 Å². The zero-order valence-corrected chi connectivity index (χ0v) is 9.68. The number of benzene rings is 1. The third kappa shape index (κ3) is 1.80. The molecule has 0 aliphatic carbocycles. The number of nitrogens with one attached hydrogen (secondary N) is 1. The van der Waals surface area contributed by atoms with Crippen LogP contribution in [0.3, 0.4) is 0 Å². The molecule has 78 valence electrons. The van der Waals surface area contributed by atoms with E-state index in [-0.39, 0.29) is 0 Å². The Labute approximate surface area is 90.3 Å². The van der Waals surface area contributed by atoms with E-state index >= 15 is 0 Å². The van der Waals surface area contributed by atoms with E-state index in [4.69, 9.17) is 0 Å². The van der Waals surface area contributed by atoms with Crippen molar-refractivity contribution in [1.82, 2.24) is 10.2 Å². The van der Waals surface area contributed by atoms with Gasteiger partial charge in [-0.25, -0.2) is 0 Å². The van der Waals surface area contributed by atoms with Gasteiger partial charge in [0.15, 0.2) is 0 Å². The summed E-state index contributed by atoms with van der Waals surface area (Å²) in [6.45, 7) is 8.42. The fourth-order valence-corrected chi connectivity index (χ4v) is 2.13. The summed E-state index contributed by atoms with van der Waals surface area (Å²) in [5.41, 5.74) is 7.29. The zero-order chi connectivity index (χ0) is 11.0. The normalized spacial score (nSPS) is 10.7. The molecule has 0 spiro atoms. The molecule has 0 aliphatic heterocycles. The molecule has 0 saturated heterocycles. The summed E-state index contributed by atoms with van der Waals surface area (Å²) in [4.78, 5) is 0. The standard InChI is InChI=1S/C13H16N2/c1-8-5-9(2)13(10(3)6-8)12-7-11(4)14-15-12/h5-7H,1-4H3,(H,14,15).